The van der Waals surface area contributed by atoms with Crippen LogP contribution in [-0.2, 0) is 0 Å². The summed E-state index contributed by atoms with van der Waals surface area (Å²) in [6.07, 6.45) is 2.40. The molecule has 1 atom stereocenters. The topological polar surface area (TPSA) is 23.5 Å². The lowest BCUT2D eigenvalue weighted by Gasteiger charge is -2.37. The van der Waals surface area contributed by atoms with Gasteiger partial charge in [0.1, 0.15) is 0 Å². The minimum Gasteiger partial charge on any atom is -0.396 e. The number of piperidine rings is 1. The monoisotopic (exact) mass is 201 g/mol. The number of aliphatic hydroxyl groups is 1. The summed E-state index contributed by atoms with van der Waals surface area (Å²) >= 11 is 0. The Kier molecular flexibility index (Phi) is 6.38. The molecule has 2 heteroatoms. The van der Waals surface area contributed by atoms with E-state index in [2.05, 4.69) is 39.6 Å². The van der Waals surface area contributed by atoms with Gasteiger partial charge in [-0.15, -0.1) is 0 Å². The second-order valence-electron chi connectivity index (χ2n) is 5.54. The zero-order valence-corrected chi connectivity index (χ0v) is 10.5. The van der Waals surface area contributed by atoms with E-state index < -0.39 is 0 Å². The van der Waals surface area contributed by atoms with Crippen molar-refractivity contribution in [1.29, 1.82) is 0 Å². The molecule has 1 unspecified atom stereocenters. The van der Waals surface area contributed by atoms with E-state index in [1.807, 2.05) is 0 Å². The third kappa shape index (κ3) is 6.39. The highest BCUT2D eigenvalue weighted by Gasteiger charge is 2.28. The van der Waals surface area contributed by atoms with E-state index in [1.165, 1.54) is 19.4 Å². The van der Waals surface area contributed by atoms with Crippen molar-refractivity contribution in [1.82, 2.24) is 4.90 Å². The van der Waals surface area contributed by atoms with Crippen LogP contribution in [0.15, 0.2) is 0 Å². The van der Waals surface area contributed by atoms with Crippen molar-refractivity contribution in [2.24, 2.45) is 11.3 Å². The minimum absolute atomic E-state index is 0.174. The first kappa shape index (κ1) is 13.9. The fourth-order valence-electron chi connectivity index (χ4n) is 1.71. The number of rotatable bonds is 1. The molecule has 0 amide bonds. The van der Waals surface area contributed by atoms with Crippen molar-refractivity contribution < 1.29 is 5.11 Å². The lowest BCUT2D eigenvalue weighted by Crippen LogP contribution is -2.41. The zero-order valence-electron chi connectivity index (χ0n) is 10.5. The summed E-state index contributed by atoms with van der Waals surface area (Å²) in [4.78, 5) is 2.29. The molecule has 0 aromatic carbocycles. The number of hydrogen-bond donors (Lipinski definition) is 1. The van der Waals surface area contributed by atoms with Crippen molar-refractivity contribution in [3.05, 3.63) is 0 Å². The Morgan fingerprint density at radius 3 is 2.14 bits per heavy atom. The molecule has 14 heavy (non-hydrogen) atoms. The summed E-state index contributed by atoms with van der Waals surface area (Å²) < 4.78 is 0. The van der Waals surface area contributed by atoms with Crippen LogP contribution in [0.2, 0.25) is 0 Å². The molecule has 0 spiro atoms. The van der Waals surface area contributed by atoms with Gasteiger partial charge in [0.15, 0.2) is 0 Å². The lowest BCUT2D eigenvalue weighted by molar-refractivity contribution is 0.0592. The normalized spacial score (nSPS) is 28.5. The minimum atomic E-state index is 0.174. The number of nitrogens with zero attached hydrogens (tertiary/aromatic N) is 1. The number of aliphatic hydroxyl groups excluding tert-OH is 1. The van der Waals surface area contributed by atoms with E-state index in [1.54, 1.807) is 0 Å². The van der Waals surface area contributed by atoms with Crippen LogP contribution in [0.25, 0.3) is 0 Å². The molecule has 86 valence electrons. The second-order valence-corrected chi connectivity index (χ2v) is 5.54. The van der Waals surface area contributed by atoms with Gasteiger partial charge in [-0.2, -0.15) is 0 Å². The van der Waals surface area contributed by atoms with Crippen molar-refractivity contribution in [3.63, 3.8) is 0 Å². The van der Waals surface area contributed by atoms with Gasteiger partial charge in [0, 0.05) is 18.6 Å². The van der Waals surface area contributed by atoms with E-state index in [9.17, 15) is 0 Å². The molecule has 1 heterocycles. The van der Waals surface area contributed by atoms with Gasteiger partial charge in [0.25, 0.3) is 0 Å². The van der Waals surface area contributed by atoms with Crippen LogP contribution in [-0.4, -0.2) is 36.8 Å². The Morgan fingerprint density at radius 2 is 1.86 bits per heavy atom. The summed E-state index contributed by atoms with van der Waals surface area (Å²) in [5.41, 5.74) is 0.174. The van der Waals surface area contributed by atoms with Crippen LogP contribution < -0.4 is 0 Å². The van der Waals surface area contributed by atoms with Crippen molar-refractivity contribution in [2.75, 3.05) is 26.7 Å². The van der Waals surface area contributed by atoms with E-state index in [4.69, 9.17) is 5.11 Å². The van der Waals surface area contributed by atoms with Crippen molar-refractivity contribution >= 4 is 0 Å². The maximum Gasteiger partial charge on any atom is 0.0497 e. The Balaban J connectivity index is 0.000000364. The summed E-state index contributed by atoms with van der Waals surface area (Å²) in [7, 11) is 2.12. The van der Waals surface area contributed by atoms with Gasteiger partial charge in [0.05, 0.1) is 0 Å². The molecule has 0 radical (unpaired) electrons. The highest BCUT2D eigenvalue weighted by molar-refractivity contribution is 4.81. The first-order valence-electron chi connectivity index (χ1n) is 5.69. The Labute approximate surface area is 89.3 Å². The van der Waals surface area contributed by atoms with Gasteiger partial charge in [0.2, 0.25) is 0 Å². The molecule has 0 aromatic heterocycles. The molecule has 0 aromatic rings. The molecule has 1 aliphatic rings. The third-order valence-corrected chi connectivity index (χ3v) is 2.35. The van der Waals surface area contributed by atoms with Gasteiger partial charge in [-0.05, 0) is 32.4 Å². The molecule has 1 saturated heterocycles. The molecule has 1 N–H and O–H groups in total. The molecule has 0 aliphatic carbocycles. The van der Waals surface area contributed by atoms with Gasteiger partial charge in [-0.1, -0.05) is 27.7 Å². The molecule has 0 saturated carbocycles. The van der Waals surface area contributed by atoms with E-state index in [0.29, 0.717) is 6.61 Å². The van der Waals surface area contributed by atoms with E-state index in [0.717, 1.165) is 12.5 Å². The summed E-state index contributed by atoms with van der Waals surface area (Å²) in [5.74, 6) is 0.833. The maximum atomic E-state index is 9.04. The predicted molar refractivity (Wildman–Crippen MR) is 62.4 cm³/mol. The van der Waals surface area contributed by atoms with Crippen LogP contribution in [0.1, 0.15) is 40.5 Å². The highest BCUT2D eigenvalue weighted by Crippen LogP contribution is 2.27. The van der Waals surface area contributed by atoms with Gasteiger partial charge in [-0.3, -0.25) is 0 Å². The SMILES string of the molecule is CC(C)C.CN1CCCC(C)(CO)C1. The fourth-order valence-corrected chi connectivity index (χ4v) is 1.71. The van der Waals surface area contributed by atoms with Crippen molar-refractivity contribution in [2.45, 2.75) is 40.5 Å². The second kappa shape index (κ2) is 6.41. The zero-order chi connectivity index (χ0) is 11.2. The molecular weight excluding hydrogens is 174 g/mol. The average molecular weight is 201 g/mol. The Morgan fingerprint density at radius 1 is 1.36 bits per heavy atom. The fraction of sp³-hybridized carbons (Fsp3) is 1.00. The van der Waals surface area contributed by atoms with Gasteiger partial charge < -0.3 is 10.0 Å². The molecule has 1 rings (SSSR count). The molecule has 0 bridgehead atoms. The summed E-state index contributed by atoms with van der Waals surface area (Å²) in [5, 5.41) is 9.04. The summed E-state index contributed by atoms with van der Waals surface area (Å²) in [6.45, 7) is 11.2. The standard InChI is InChI=1S/C8H17NO.C4H10/c1-8(7-10)4-3-5-9(2)6-8;1-4(2)3/h10H,3-7H2,1-2H3;4H,1-3H3. The van der Waals surface area contributed by atoms with Gasteiger partial charge >= 0.3 is 0 Å². The van der Waals surface area contributed by atoms with E-state index >= 15 is 0 Å². The molecule has 1 fully saturated rings. The first-order chi connectivity index (χ1) is 6.39. The highest BCUT2D eigenvalue weighted by atomic mass is 16.3. The first-order valence-corrected chi connectivity index (χ1v) is 5.69. The van der Waals surface area contributed by atoms with Crippen LogP contribution in [0.3, 0.4) is 0 Å². The van der Waals surface area contributed by atoms with Gasteiger partial charge in [-0.25, -0.2) is 0 Å². The molecular formula is C12H27NO. The number of hydrogen-bond acceptors (Lipinski definition) is 2. The smallest absolute Gasteiger partial charge is 0.0497 e. The van der Waals surface area contributed by atoms with Crippen LogP contribution in [0, 0.1) is 11.3 Å². The maximum absolute atomic E-state index is 9.04. The summed E-state index contributed by atoms with van der Waals surface area (Å²) in [6, 6.07) is 0. The van der Waals surface area contributed by atoms with Crippen LogP contribution in [0.5, 0.6) is 0 Å². The molecule has 1 aliphatic heterocycles. The quantitative estimate of drug-likeness (QED) is 0.704. The predicted octanol–water partition coefficient (Wildman–Crippen LogP) is 2.37. The number of likely N-dealkylation sites (tertiary alicyclic amines) is 1. The third-order valence-electron chi connectivity index (χ3n) is 2.35. The van der Waals surface area contributed by atoms with Crippen LogP contribution in [0.4, 0.5) is 0 Å². The van der Waals surface area contributed by atoms with Crippen molar-refractivity contribution in [3.8, 4) is 0 Å². The Bertz CT molecular complexity index is 145. The average Bonchev–Trinajstić information content (AvgIpc) is 2.03. The van der Waals surface area contributed by atoms with Crippen LogP contribution >= 0.6 is 0 Å². The molecule has 2 nitrogen and oxygen atoms in total. The largest absolute Gasteiger partial charge is 0.396 e. The Hall–Kier alpha value is -0.0800. The van der Waals surface area contributed by atoms with E-state index in [-0.39, 0.29) is 5.41 Å². The lowest BCUT2D eigenvalue weighted by atomic mass is 9.83.